The van der Waals surface area contributed by atoms with Crippen LogP contribution in [0.1, 0.15) is 84.4 Å². The molecule has 0 unspecified atom stereocenters. The van der Waals surface area contributed by atoms with Gasteiger partial charge >= 0.3 is 12.1 Å². The van der Waals surface area contributed by atoms with E-state index in [4.69, 9.17) is 14.5 Å². The molecule has 1 aromatic heterocycles. The maximum absolute atomic E-state index is 14.3. The average Bonchev–Trinajstić information content (AvgIpc) is 2.86. The molecule has 2 rings (SSSR count). The van der Waals surface area contributed by atoms with E-state index in [1.54, 1.807) is 43.6 Å². The molecule has 0 spiro atoms. The number of hydrogen-bond acceptors (Lipinski definition) is 9. The van der Waals surface area contributed by atoms with Crippen LogP contribution in [0.15, 0.2) is 6.20 Å². The lowest BCUT2D eigenvalue weighted by Crippen LogP contribution is -2.57. The molecular formula is C29H49N5O5S. The van der Waals surface area contributed by atoms with Gasteiger partial charge in [-0.05, 0) is 51.5 Å². The highest BCUT2D eigenvalue weighted by Gasteiger charge is 2.40. The summed E-state index contributed by atoms with van der Waals surface area (Å²) in [5, 5.41) is 3.37. The number of nitrogens with one attached hydrogen (secondary N) is 1. The molecule has 2 atom stereocenters. The Kier molecular flexibility index (Phi) is 12.1. The molecule has 2 heterocycles. The summed E-state index contributed by atoms with van der Waals surface area (Å²) in [5.74, 6) is 1.05. The van der Waals surface area contributed by atoms with Gasteiger partial charge in [0, 0.05) is 37.8 Å². The number of piperidine rings is 1. The summed E-state index contributed by atoms with van der Waals surface area (Å²) in [7, 11) is 1.34. The van der Waals surface area contributed by atoms with Crippen molar-refractivity contribution in [2.45, 2.75) is 85.3 Å². The summed E-state index contributed by atoms with van der Waals surface area (Å²) in [6.07, 6.45) is 4.45. The van der Waals surface area contributed by atoms with Crippen molar-refractivity contribution in [3.8, 4) is 0 Å². The number of amides is 2. The molecular weight excluding hydrogens is 530 g/mol. The number of thioether (sulfide) groups is 1. The van der Waals surface area contributed by atoms with Gasteiger partial charge in [0.2, 0.25) is 0 Å². The molecule has 0 saturated carbocycles. The molecule has 1 fully saturated rings. The Morgan fingerprint density at radius 3 is 2.40 bits per heavy atom. The number of likely N-dealkylation sites (tertiary alicyclic amines) is 1. The van der Waals surface area contributed by atoms with Crippen LogP contribution < -0.4 is 5.32 Å². The van der Waals surface area contributed by atoms with E-state index >= 15 is 0 Å². The van der Waals surface area contributed by atoms with Crippen molar-refractivity contribution in [1.29, 1.82) is 0 Å². The van der Waals surface area contributed by atoms with Crippen molar-refractivity contribution in [1.82, 2.24) is 19.8 Å². The van der Waals surface area contributed by atoms with E-state index in [0.29, 0.717) is 36.7 Å². The molecule has 1 aromatic rings. The molecule has 0 radical (unpaired) electrons. The lowest BCUT2D eigenvalue weighted by atomic mass is 9.92. The summed E-state index contributed by atoms with van der Waals surface area (Å²) in [6, 6.07) is -0.424. The van der Waals surface area contributed by atoms with Crippen molar-refractivity contribution < 1.29 is 23.9 Å². The van der Waals surface area contributed by atoms with Crippen molar-refractivity contribution >= 4 is 35.5 Å². The lowest BCUT2D eigenvalue weighted by Gasteiger charge is -2.42. The third-order valence-electron chi connectivity index (χ3n) is 6.39. The number of carbonyl (C=O) groups is 3. The quantitative estimate of drug-likeness (QED) is 0.307. The van der Waals surface area contributed by atoms with E-state index in [9.17, 15) is 14.4 Å². The Hall–Kier alpha value is -2.56. The second-order valence-electron chi connectivity index (χ2n) is 12.8. The van der Waals surface area contributed by atoms with E-state index in [1.165, 1.54) is 12.0 Å². The molecule has 11 heteroatoms. The Morgan fingerprint density at radius 2 is 1.85 bits per heavy atom. The number of hydrogen-bond donors (Lipinski definition) is 1. The highest BCUT2D eigenvalue weighted by Crippen LogP contribution is 2.28. The summed E-state index contributed by atoms with van der Waals surface area (Å²) in [6.45, 7) is 17.1. The van der Waals surface area contributed by atoms with Gasteiger partial charge in [-0.3, -0.25) is 9.59 Å². The van der Waals surface area contributed by atoms with E-state index < -0.39 is 29.6 Å². The van der Waals surface area contributed by atoms with Crippen LogP contribution >= 0.6 is 11.8 Å². The number of methoxy groups -OCH3 is 1. The molecule has 1 N–H and O–H groups in total. The molecule has 1 aliphatic heterocycles. The lowest BCUT2D eigenvalue weighted by molar-refractivity contribution is -0.148. The predicted octanol–water partition coefficient (Wildman–Crippen LogP) is 4.84. The van der Waals surface area contributed by atoms with Crippen LogP contribution in [0.5, 0.6) is 0 Å². The van der Waals surface area contributed by atoms with Crippen LogP contribution in [-0.4, -0.2) is 94.7 Å². The predicted molar refractivity (Wildman–Crippen MR) is 160 cm³/mol. The van der Waals surface area contributed by atoms with Crippen molar-refractivity contribution in [3.05, 3.63) is 17.6 Å². The molecule has 0 bridgehead atoms. The fourth-order valence-electron chi connectivity index (χ4n) is 4.51. The Labute approximate surface area is 244 Å². The number of carbonyl (C=O) groups excluding carboxylic acids is 3. The first-order chi connectivity index (χ1) is 18.6. The van der Waals surface area contributed by atoms with Crippen molar-refractivity contribution in [3.63, 3.8) is 0 Å². The number of ether oxygens (including phenoxy) is 2. The van der Waals surface area contributed by atoms with Crippen LogP contribution in [-0.2, 0) is 19.7 Å². The fraction of sp³-hybridized carbons (Fsp3) is 0.759. The minimum atomic E-state index is -0.693. The van der Waals surface area contributed by atoms with Gasteiger partial charge in [0.05, 0.1) is 19.1 Å². The molecule has 2 amide bonds. The summed E-state index contributed by atoms with van der Waals surface area (Å²) in [4.78, 5) is 52.6. The first kappa shape index (κ1) is 33.6. The zero-order valence-corrected chi connectivity index (χ0v) is 26.8. The summed E-state index contributed by atoms with van der Waals surface area (Å²) >= 11 is 1.77. The van der Waals surface area contributed by atoms with Crippen LogP contribution in [0.3, 0.4) is 0 Å². The Balaban J connectivity index is 2.49. The second kappa shape index (κ2) is 14.4. The number of rotatable bonds is 10. The van der Waals surface area contributed by atoms with Crippen LogP contribution in [0.4, 0.5) is 10.6 Å². The summed E-state index contributed by atoms with van der Waals surface area (Å²) in [5.41, 5.74) is -0.608. The Morgan fingerprint density at radius 1 is 1.18 bits per heavy atom. The van der Waals surface area contributed by atoms with E-state index in [1.807, 2.05) is 34.6 Å². The topological polar surface area (TPSA) is 114 Å². The fourth-order valence-corrected chi connectivity index (χ4v) is 4.95. The number of esters is 1. The first-order valence-corrected chi connectivity index (χ1v) is 15.4. The van der Waals surface area contributed by atoms with Crippen molar-refractivity contribution in [2.75, 3.05) is 50.6 Å². The molecule has 10 nitrogen and oxygen atoms in total. The van der Waals surface area contributed by atoms with Crippen LogP contribution in [0.25, 0.3) is 0 Å². The second-order valence-corrected chi connectivity index (χ2v) is 13.8. The van der Waals surface area contributed by atoms with E-state index in [0.717, 1.165) is 12.2 Å². The van der Waals surface area contributed by atoms with Crippen LogP contribution in [0, 0.1) is 11.8 Å². The zero-order valence-electron chi connectivity index (χ0n) is 26.0. The van der Waals surface area contributed by atoms with Gasteiger partial charge in [-0.1, -0.05) is 34.6 Å². The first-order valence-electron chi connectivity index (χ1n) is 14.0. The maximum Gasteiger partial charge on any atom is 0.410 e. The van der Waals surface area contributed by atoms with E-state index in [2.05, 4.69) is 16.6 Å². The largest absolute Gasteiger partial charge is 0.469 e. The van der Waals surface area contributed by atoms with Gasteiger partial charge in [-0.2, -0.15) is 11.8 Å². The standard InChI is InChI=1S/C29H49N5O5S/c1-19(2)16-34(21-14-20(25(36)38-9)17-33(18-21)27(37)39-29(6,7)8)24(35)22-15-31-26(28(3,4)5)32-23(22)30-12-11-13-40-10/h15,19-21H,11-14,16-18H2,1-10H3,(H,30,31,32)/t20-,21+/m1/s1. The third kappa shape index (κ3) is 9.82. The average molecular weight is 580 g/mol. The molecule has 226 valence electrons. The normalized spacial score (nSPS) is 17.9. The van der Waals surface area contributed by atoms with Gasteiger partial charge in [0.1, 0.15) is 22.8 Å². The van der Waals surface area contributed by atoms with Gasteiger partial charge in [-0.15, -0.1) is 0 Å². The molecule has 0 aliphatic carbocycles. The smallest absolute Gasteiger partial charge is 0.410 e. The number of anilines is 1. The maximum atomic E-state index is 14.3. The molecule has 1 aliphatic rings. The van der Waals surface area contributed by atoms with Gasteiger partial charge in [-0.25, -0.2) is 14.8 Å². The number of aromatic nitrogens is 2. The van der Waals surface area contributed by atoms with Crippen LogP contribution in [0.2, 0.25) is 0 Å². The monoisotopic (exact) mass is 579 g/mol. The minimum absolute atomic E-state index is 0.144. The zero-order chi connectivity index (χ0) is 30.3. The molecule has 0 aromatic carbocycles. The Bertz CT molecular complexity index is 1020. The van der Waals surface area contributed by atoms with Crippen molar-refractivity contribution in [2.24, 2.45) is 11.8 Å². The summed E-state index contributed by atoms with van der Waals surface area (Å²) < 4.78 is 10.7. The van der Waals surface area contributed by atoms with Gasteiger partial charge in [0.25, 0.3) is 5.91 Å². The highest BCUT2D eigenvalue weighted by molar-refractivity contribution is 7.98. The molecule has 1 saturated heterocycles. The van der Waals surface area contributed by atoms with Gasteiger partial charge in [0.15, 0.2) is 0 Å². The van der Waals surface area contributed by atoms with Gasteiger partial charge < -0.3 is 24.6 Å². The SMILES string of the molecule is COC(=O)[C@@H]1C[C@H](N(CC(C)C)C(=O)c2cnc(C(C)(C)C)nc2NCCCSC)CN(C(=O)OC(C)(C)C)C1. The molecule has 40 heavy (non-hydrogen) atoms. The van der Waals surface area contributed by atoms with E-state index in [-0.39, 0.29) is 30.3 Å². The third-order valence-corrected chi connectivity index (χ3v) is 7.08. The number of nitrogens with zero attached hydrogens (tertiary/aromatic N) is 4. The minimum Gasteiger partial charge on any atom is -0.469 e. The highest BCUT2D eigenvalue weighted by atomic mass is 32.2.